The average Bonchev–Trinajstić information content (AvgIpc) is 2.26. The number of carbonyl (C=O) groups is 1. The maximum absolute atomic E-state index is 13.3. The third-order valence-electron chi connectivity index (χ3n) is 1.86. The second kappa shape index (κ2) is 6.46. The zero-order chi connectivity index (χ0) is 12.8. The monoisotopic (exact) mass is 304 g/mol. The van der Waals surface area contributed by atoms with Crippen molar-refractivity contribution < 1.29 is 13.6 Å². The normalized spacial score (nSPS) is 10.1. The highest BCUT2D eigenvalue weighted by molar-refractivity contribution is 9.10. The van der Waals surface area contributed by atoms with Gasteiger partial charge in [0, 0.05) is 12.6 Å². The third-order valence-corrected chi connectivity index (χ3v) is 2.47. The van der Waals surface area contributed by atoms with Crippen LogP contribution in [0.5, 0.6) is 0 Å². The molecule has 0 aliphatic heterocycles. The predicted molar refractivity (Wildman–Crippen MR) is 65.8 cm³/mol. The van der Waals surface area contributed by atoms with E-state index >= 15 is 0 Å². The molecule has 1 aromatic carbocycles. The van der Waals surface area contributed by atoms with E-state index < -0.39 is 17.5 Å². The van der Waals surface area contributed by atoms with Crippen LogP contribution < -0.4 is 10.6 Å². The number of anilines is 1. The molecule has 0 aliphatic carbocycles. The summed E-state index contributed by atoms with van der Waals surface area (Å²) in [5.41, 5.74) is -0.184. The highest BCUT2D eigenvalue weighted by atomic mass is 79.9. The van der Waals surface area contributed by atoms with Crippen LogP contribution in [0.4, 0.5) is 14.5 Å². The quantitative estimate of drug-likeness (QED) is 0.498. The Kier molecular flexibility index (Phi) is 5.24. The molecule has 0 bridgehead atoms. The topological polar surface area (TPSA) is 41.1 Å². The van der Waals surface area contributed by atoms with Gasteiger partial charge in [0.15, 0.2) is 0 Å². The summed E-state index contributed by atoms with van der Waals surface area (Å²) >= 11 is 2.85. The van der Waals surface area contributed by atoms with E-state index in [1.165, 1.54) is 0 Å². The van der Waals surface area contributed by atoms with Crippen molar-refractivity contribution in [1.29, 1.82) is 0 Å². The summed E-state index contributed by atoms with van der Waals surface area (Å²) < 4.78 is 26.5. The van der Waals surface area contributed by atoms with Crippen molar-refractivity contribution >= 4 is 27.5 Å². The molecule has 0 unspecified atom stereocenters. The summed E-state index contributed by atoms with van der Waals surface area (Å²) in [5, 5.41) is 5.01. The summed E-state index contributed by atoms with van der Waals surface area (Å²) in [6.07, 6.45) is 1.59. The smallest absolute Gasteiger partial charge is 0.238 e. The van der Waals surface area contributed by atoms with Gasteiger partial charge in [-0.15, -0.1) is 6.58 Å². The molecule has 1 amide bonds. The molecule has 0 radical (unpaired) electrons. The molecule has 6 heteroatoms. The van der Waals surface area contributed by atoms with Gasteiger partial charge in [0.05, 0.1) is 16.7 Å². The lowest BCUT2D eigenvalue weighted by Crippen LogP contribution is -2.28. The number of amides is 1. The molecule has 0 aliphatic rings. The van der Waals surface area contributed by atoms with Gasteiger partial charge in [0.1, 0.15) is 11.6 Å². The van der Waals surface area contributed by atoms with Crippen molar-refractivity contribution in [3.63, 3.8) is 0 Å². The Bertz CT molecular complexity index is 438. The molecule has 0 atom stereocenters. The van der Waals surface area contributed by atoms with Gasteiger partial charge in [0.25, 0.3) is 0 Å². The van der Waals surface area contributed by atoms with Gasteiger partial charge in [-0.1, -0.05) is 6.08 Å². The molecule has 0 saturated heterocycles. The summed E-state index contributed by atoms with van der Waals surface area (Å²) in [4.78, 5) is 11.3. The van der Waals surface area contributed by atoms with E-state index in [9.17, 15) is 13.6 Å². The molecule has 2 N–H and O–H groups in total. The van der Waals surface area contributed by atoms with Gasteiger partial charge in [-0.3, -0.25) is 4.79 Å². The van der Waals surface area contributed by atoms with E-state index in [2.05, 4.69) is 33.1 Å². The van der Waals surface area contributed by atoms with Crippen LogP contribution in [0.25, 0.3) is 0 Å². The Hall–Kier alpha value is -1.27. The molecule has 0 saturated carbocycles. The van der Waals surface area contributed by atoms with Crippen molar-refractivity contribution in [2.24, 2.45) is 0 Å². The van der Waals surface area contributed by atoms with E-state index in [1.54, 1.807) is 6.08 Å². The number of hydrogen-bond donors (Lipinski definition) is 2. The SMILES string of the molecule is C=CCNCC(=O)Nc1cc(F)c(Br)cc1F. The van der Waals surface area contributed by atoms with Gasteiger partial charge in [0.2, 0.25) is 5.91 Å². The van der Waals surface area contributed by atoms with Crippen LogP contribution in [0.3, 0.4) is 0 Å². The first-order valence-corrected chi connectivity index (χ1v) is 5.60. The average molecular weight is 305 g/mol. The Morgan fingerprint density at radius 1 is 1.41 bits per heavy atom. The Morgan fingerprint density at radius 2 is 2.12 bits per heavy atom. The fraction of sp³-hybridized carbons (Fsp3) is 0.182. The van der Waals surface area contributed by atoms with Gasteiger partial charge < -0.3 is 10.6 Å². The second-order valence-electron chi connectivity index (χ2n) is 3.21. The first-order valence-electron chi connectivity index (χ1n) is 4.80. The van der Waals surface area contributed by atoms with Crippen molar-refractivity contribution in [3.8, 4) is 0 Å². The summed E-state index contributed by atoms with van der Waals surface area (Å²) in [7, 11) is 0. The van der Waals surface area contributed by atoms with Crippen LogP contribution in [0.2, 0.25) is 0 Å². The minimum absolute atomic E-state index is 0.00312. The molecule has 0 aromatic heterocycles. The van der Waals surface area contributed by atoms with Crippen LogP contribution >= 0.6 is 15.9 Å². The lowest BCUT2D eigenvalue weighted by atomic mass is 10.3. The molecule has 0 spiro atoms. The van der Waals surface area contributed by atoms with Crippen LogP contribution in [-0.2, 0) is 4.79 Å². The lowest BCUT2D eigenvalue weighted by Gasteiger charge is -2.07. The number of nitrogens with one attached hydrogen (secondary N) is 2. The van der Waals surface area contributed by atoms with Crippen molar-refractivity contribution in [3.05, 3.63) is 40.9 Å². The van der Waals surface area contributed by atoms with Crippen molar-refractivity contribution in [2.75, 3.05) is 18.4 Å². The molecule has 3 nitrogen and oxygen atoms in total. The number of carbonyl (C=O) groups excluding carboxylic acids is 1. The first-order chi connectivity index (χ1) is 8.04. The molecular formula is C11H11BrF2N2O. The molecular weight excluding hydrogens is 294 g/mol. The minimum Gasteiger partial charge on any atom is -0.322 e. The standard InChI is InChI=1S/C11H11BrF2N2O/c1-2-3-15-6-11(17)16-10-5-8(13)7(12)4-9(10)14/h2,4-5,15H,1,3,6H2,(H,16,17). The highest BCUT2D eigenvalue weighted by Crippen LogP contribution is 2.23. The number of halogens is 3. The van der Waals surface area contributed by atoms with Crippen LogP contribution in [-0.4, -0.2) is 19.0 Å². The molecule has 17 heavy (non-hydrogen) atoms. The van der Waals surface area contributed by atoms with Crippen molar-refractivity contribution in [1.82, 2.24) is 5.32 Å². The van der Waals surface area contributed by atoms with E-state index in [1.807, 2.05) is 0 Å². The maximum atomic E-state index is 13.3. The summed E-state index contributed by atoms with van der Waals surface area (Å²) in [6.45, 7) is 3.93. The predicted octanol–water partition coefficient (Wildman–Crippen LogP) is 2.44. The van der Waals surface area contributed by atoms with E-state index in [4.69, 9.17) is 0 Å². The van der Waals surface area contributed by atoms with Gasteiger partial charge in [-0.2, -0.15) is 0 Å². The van der Waals surface area contributed by atoms with Gasteiger partial charge >= 0.3 is 0 Å². The summed E-state index contributed by atoms with van der Waals surface area (Å²) in [6, 6.07) is 1.88. The third kappa shape index (κ3) is 4.24. The Labute approximate surface area is 106 Å². The highest BCUT2D eigenvalue weighted by Gasteiger charge is 2.10. The largest absolute Gasteiger partial charge is 0.322 e. The van der Waals surface area contributed by atoms with Crippen LogP contribution in [0.15, 0.2) is 29.3 Å². The lowest BCUT2D eigenvalue weighted by molar-refractivity contribution is -0.115. The molecule has 92 valence electrons. The molecule has 0 fully saturated rings. The van der Waals surface area contributed by atoms with E-state index in [-0.39, 0.29) is 16.7 Å². The fourth-order valence-corrected chi connectivity index (χ4v) is 1.42. The summed E-state index contributed by atoms with van der Waals surface area (Å²) in [5.74, 6) is -1.79. The van der Waals surface area contributed by atoms with Gasteiger partial charge in [-0.05, 0) is 22.0 Å². The zero-order valence-electron chi connectivity index (χ0n) is 8.90. The molecule has 0 heterocycles. The Morgan fingerprint density at radius 3 is 2.76 bits per heavy atom. The fourth-order valence-electron chi connectivity index (χ4n) is 1.10. The van der Waals surface area contributed by atoms with Gasteiger partial charge in [-0.25, -0.2) is 8.78 Å². The second-order valence-corrected chi connectivity index (χ2v) is 4.07. The number of hydrogen-bond acceptors (Lipinski definition) is 2. The molecule has 1 aromatic rings. The number of rotatable bonds is 5. The zero-order valence-corrected chi connectivity index (χ0v) is 10.5. The maximum Gasteiger partial charge on any atom is 0.238 e. The van der Waals surface area contributed by atoms with Crippen LogP contribution in [0.1, 0.15) is 0 Å². The number of benzene rings is 1. The Balaban J connectivity index is 2.65. The van der Waals surface area contributed by atoms with E-state index in [0.717, 1.165) is 12.1 Å². The van der Waals surface area contributed by atoms with Crippen LogP contribution in [0, 0.1) is 11.6 Å². The minimum atomic E-state index is -0.699. The molecule has 1 rings (SSSR count). The van der Waals surface area contributed by atoms with Crippen molar-refractivity contribution in [2.45, 2.75) is 0 Å². The van der Waals surface area contributed by atoms with E-state index in [0.29, 0.717) is 6.54 Å². The first kappa shape index (κ1) is 13.8.